The molecule has 6 rings (SSSR count). The zero-order valence-electron chi connectivity index (χ0n) is 16.6. The molecular formula is C21H28N4O3. The number of oxazole rings is 1. The SMILES string of the molecule is C[C@H]1COC[C@H](C)N1c1nc2c(C(=O)NC3CN4CCC3CC4)cccc2o1. The largest absolute Gasteiger partial charge is 0.423 e. The topological polar surface area (TPSA) is 70.8 Å². The number of benzene rings is 1. The maximum atomic E-state index is 13.1. The minimum Gasteiger partial charge on any atom is -0.423 e. The molecule has 0 saturated carbocycles. The number of nitrogens with one attached hydrogen (secondary N) is 1. The van der Waals surface area contributed by atoms with E-state index in [1.807, 2.05) is 18.2 Å². The molecule has 1 N–H and O–H groups in total. The number of rotatable bonds is 3. The summed E-state index contributed by atoms with van der Waals surface area (Å²) >= 11 is 0. The number of carbonyl (C=O) groups is 1. The number of carbonyl (C=O) groups excluding carboxylic acids is 1. The number of piperidine rings is 3. The van der Waals surface area contributed by atoms with E-state index >= 15 is 0 Å². The second-order valence-corrected chi connectivity index (χ2v) is 8.51. The molecule has 1 amide bonds. The lowest BCUT2D eigenvalue weighted by atomic mass is 9.84. The van der Waals surface area contributed by atoms with Crippen LogP contribution in [0.4, 0.5) is 6.01 Å². The predicted molar refractivity (Wildman–Crippen MR) is 107 cm³/mol. The number of hydrogen-bond donors (Lipinski definition) is 1. The Labute approximate surface area is 165 Å². The van der Waals surface area contributed by atoms with Crippen molar-refractivity contribution >= 4 is 23.0 Å². The van der Waals surface area contributed by atoms with Crippen molar-refractivity contribution in [1.82, 2.24) is 15.2 Å². The monoisotopic (exact) mass is 384 g/mol. The van der Waals surface area contributed by atoms with E-state index in [4.69, 9.17) is 14.1 Å². The van der Waals surface area contributed by atoms with Crippen molar-refractivity contribution in [3.63, 3.8) is 0 Å². The van der Waals surface area contributed by atoms with Crippen LogP contribution in [0.3, 0.4) is 0 Å². The van der Waals surface area contributed by atoms with Crippen LogP contribution in [0.5, 0.6) is 0 Å². The number of aromatic nitrogens is 1. The normalized spacial score (nSPS) is 32.6. The van der Waals surface area contributed by atoms with Crippen molar-refractivity contribution in [1.29, 1.82) is 0 Å². The van der Waals surface area contributed by atoms with Crippen LogP contribution in [0.2, 0.25) is 0 Å². The number of fused-ring (bicyclic) bond motifs is 4. The summed E-state index contributed by atoms with van der Waals surface area (Å²) in [7, 11) is 0. The van der Waals surface area contributed by atoms with Crippen molar-refractivity contribution in [2.24, 2.45) is 5.92 Å². The third-order valence-corrected chi connectivity index (χ3v) is 6.51. The van der Waals surface area contributed by atoms with Gasteiger partial charge in [-0.05, 0) is 57.8 Å². The summed E-state index contributed by atoms with van der Waals surface area (Å²) in [4.78, 5) is 22.4. The van der Waals surface area contributed by atoms with Crippen LogP contribution in [0.25, 0.3) is 11.1 Å². The van der Waals surface area contributed by atoms with Gasteiger partial charge in [0.1, 0.15) is 5.52 Å². The standard InChI is InChI=1S/C21H28N4O3/c1-13-11-27-12-14(2)25(13)21-23-19-16(4-3-5-18(19)28-21)20(26)22-17-10-24-8-6-15(17)7-9-24/h3-5,13-15,17H,6-12H2,1-2H3,(H,22,26)/t13-,14-,17?/m0/s1. The third-order valence-electron chi connectivity index (χ3n) is 6.51. The van der Waals surface area contributed by atoms with Crippen LogP contribution in [0, 0.1) is 5.92 Å². The Hall–Kier alpha value is -2.12. The zero-order valence-corrected chi connectivity index (χ0v) is 16.6. The van der Waals surface area contributed by atoms with E-state index in [2.05, 4.69) is 29.0 Å². The van der Waals surface area contributed by atoms with E-state index in [1.54, 1.807) is 0 Å². The predicted octanol–water partition coefficient (Wildman–Crippen LogP) is 2.27. The summed E-state index contributed by atoms with van der Waals surface area (Å²) in [6.07, 6.45) is 2.35. The first-order chi connectivity index (χ1) is 13.6. The summed E-state index contributed by atoms with van der Waals surface area (Å²) in [5, 5.41) is 3.27. The quantitative estimate of drug-likeness (QED) is 0.875. The summed E-state index contributed by atoms with van der Waals surface area (Å²) in [5.74, 6) is 0.545. The fourth-order valence-electron chi connectivity index (χ4n) is 4.99. The average Bonchev–Trinajstić information content (AvgIpc) is 3.12. The number of hydrogen-bond acceptors (Lipinski definition) is 6. The molecule has 0 radical (unpaired) electrons. The Kier molecular flexibility index (Phi) is 4.51. The Bertz CT molecular complexity index is 864. The first kappa shape index (κ1) is 17.9. The van der Waals surface area contributed by atoms with Gasteiger partial charge in [-0.15, -0.1) is 0 Å². The molecule has 28 heavy (non-hydrogen) atoms. The van der Waals surface area contributed by atoms with Gasteiger partial charge in [-0.2, -0.15) is 4.98 Å². The Morgan fingerprint density at radius 3 is 2.61 bits per heavy atom. The van der Waals surface area contributed by atoms with Crippen molar-refractivity contribution < 1.29 is 13.9 Å². The molecule has 2 aromatic rings. The number of amides is 1. The number of nitrogens with zero attached hydrogens (tertiary/aromatic N) is 3. The van der Waals surface area contributed by atoms with Gasteiger partial charge < -0.3 is 24.3 Å². The van der Waals surface area contributed by atoms with E-state index in [0.29, 0.717) is 41.8 Å². The van der Waals surface area contributed by atoms with Crippen molar-refractivity contribution in [2.45, 2.75) is 44.8 Å². The van der Waals surface area contributed by atoms with Gasteiger partial charge in [-0.25, -0.2) is 0 Å². The molecule has 0 spiro atoms. The zero-order chi connectivity index (χ0) is 19.3. The van der Waals surface area contributed by atoms with Crippen molar-refractivity contribution in [2.75, 3.05) is 37.7 Å². The van der Waals surface area contributed by atoms with E-state index in [9.17, 15) is 4.79 Å². The molecule has 1 unspecified atom stereocenters. The van der Waals surface area contributed by atoms with Crippen LogP contribution in [0.1, 0.15) is 37.0 Å². The summed E-state index contributed by atoms with van der Waals surface area (Å²) < 4.78 is 11.7. The molecule has 1 aromatic carbocycles. The molecule has 4 aliphatic rings. The summed E-state index contributed by atoms with van der Waals surface area (Å²) in [6.45, 7) is 8.78. The van der Waals surface area contributed by atoms with Crippen molar-refractivity contribution in [3.05, 3.63) is 23.8 Å². The molecule has 4 fully saturated rings. The van der Waals surface area contributed by atoms with Crippen LogP contribution < -0.4 is 10.2 Å². The van der Waals surface area contributed by atoms with Gasteiger partial charge in [0.15, 0.2) is 5.58 Å². The molecule has 4 saturated heterocycles. The van der Waals surface area contributed by atoms with Gasteiger partial charge in [0.05, 0.1) is 30.9 Å². The Balaban J connectivity index is 1.42. The van der Waals surface area contributed by atoms with Crippen LogP contribution in [-0.2, 0) is 4.74 Å². The van der Waals surface area contributed by atoms with E-state index in [-0.39, 0.29) is 24.0 Å². The minimum atomic E-state index is -0.0488. The van der Waals surface area contributed by atoms with Gasteiger partial charge in [-0.3, -0.25) is 4.79 Å². The molecule has 1 aromatic heterocycles. The maximum absolute atomic E-state index is 13.1. The van der Waals surface area contributed by atoms with Gasteiger partial charge in [0.2, 0.25) is 0 Å². The number of morpholine rings is 1. The van der Waals surface area contributed by atoms with E-state index in [1.165, 1.54) is 12.8 Å². The lowest BCUT2D eigenvalue weighted by molar-refractivity contribution is 0.0621. The van der Waals surface area contributed by atoms with Gasteiger partial charge >= 0.3 is 0 Å². The second-order valence-electron chi connectivity index (χ2n) is 8.51. The van der Waals surface area contributed by atoms with E-state index in [0.717, 1.165) is 19.6 Å². The highest BCUT2D eigenvalue weighted by atomic mass is 16.5. The average molecular weight is 384 g/mol. The Morgan fingerprint density at radius 1 is 1.18 bits per heavy atom. The minimum absolute atomic E-state index is 0.0488. The van der Waals surface area contributed by atoms with Gasteiger partial charge in [0.25, 0.3) is 11.9 Å². The molecule has 4 aliphatic heterocycles. The second kappa shape index (κ2) is 7.04. The first-order valence-corrected chi connectivity index (χ1v) is 10.4. The first-order valence-electron chi connectivity index (χ1n) is 10.4. The molecule has 7 nitrogen and oxygen atoms in total. The molecule has 2 bridgehead atoms. The number of para-hydroxylation sites is 1. The van der Waals surface area contributed by atoms with Crippen LogP contribution in [-0.4, -0.2) is 66.8 Å². The lowest BCUT2D eigenvalue weighted by Crippen LogP contribution is -2.57. The molecule has 3 atom stereocenters. The van der Waals surface area contributed by atoms with Gasteiger partial charge in [-0.1, -0.05) is 6.07 Å². The van der Waals surface area contributed by atoms with E-state index < -0.39 is 0 Å². The molecule has 5 heterocycles. The van der Waals surface area contributed by atoms with Gasteiger partial charge in [0, 0.05) is 12.6 Å². The van der Waals surface area contributed by atoms with Crippen molar-refractivity contribution in [3.8, 4) is 0 Å². The molecule has 7 heteroatoms. The summed E-state index contributed by atoms with van der Waals surface area (Å²) in [6, 6.07) is 6.76. The smallest absolute Gasteiger partial charge is 0.299 e. The molecule has 0 aliphatic carbocycles. The third kappa shape index (κ3) is 3.06. The fraction of sp³-hybridized carbons (Fsp3) is 0.619. The highest BCUT2D eigenvalue weighted by Gasteiger charge is 2.35. The highest BCUT2D eigenvalue weighted by Crippen LogP contribution is 2.30. The van der Waals surface area contributed by atoms with Crippen LogP contribution >= 0.6 is 0 Å². The molecule has 150 valence electrons. The Morgan fingerprint density at radius 2 is 1.93 bits per heavy atom. The highest BCUT2D eigenvalue weighted by molar-refractivity contribution is 6.04. The maximum Gasteiger partial charge on any atom is 0.299 e. The fourth-order valence-corrected chi connectivity index (χ4v) is 4.99. The summed E-state index contributed by atoms with van der Waals surface area (Å²) in [5.41, 5.74) is 1.89. The van der Waals surface area contributed by atoms with Crippen LogP contribution in [0.15, 0.2) is 22.6 Å². The number of ether oxygens (including phenoxy) is 1. The molecular weight excluding hydrogens is 356 g/mol. The number of anilines is 1. The lowest BCUT2D eigenvalue weighted by Gasteiger charge is -2.44.